The molecule has 0 bridgehead atoms. The van der Waals surface area contributed by atoms with Crippen LogP contribution in [0, 0.1) is 13.8 Å². The van der Waals surface area contributed by atoms with E-state index in [-0.39, 0.29) is 22.6 Å². The number of hydrogen-bond acceptors (Lipinski definition) is 4. The van der Waals surface area contributed by atoms with Gasteiger partial charge < -0.3 is 5.32 Å². The van der Waals surface area contributed by atoms with Crippen LogP contribution < -0.4 is 10.9 Å². The van der Waals surface area contributed by atoms with E-state index in [0.29, 0.717) is 5.16 Å². The van der Waals surface area contributed by atoms with Crippen molar-refractivity contribution in [2.75, 3.05) is 11.1 Å². The highest BCUT2D eigenvalue weighted by Crippen LogP contribution is 2.49. The summed E-state index contributed by atoms with van der Waals surface area (Å²) in [5, 5.41) is 3.54. The summed E-state index contributed by atoms with van der Waals surface area (Å²) in [6.07, 6.45) is 6.35. The summed E-state index contributed by atoms with van der Waals surface area (Å²) in [7, 11) is 0. The maximum Gasteiger partial charge on any atom is 0.263 e. The van der Waals surface area contributed by atoms with Gasteiger partial charge in [0.1, 0.15) is 0 Å². The van der Waals surface area contributed by atoms with Crippen LogP contribution in [0.2, 0.25) is 0 Å². The zero-order chi connectivity index (χ0) is 27.0. The first kappa shape index (κ1) is 25.6. The third kappa shape index (κ3) is 4.82. The second-order valence-electron chi connectivity index (χ2n) is 10.9. The number of aromatic nitrogens is 2. The zero-order valence-electron chi connectivity index (χ0n) is 22.5. The highest BCUT2D eigenvalue weighted by atomic mass is 32.2. The fourth-order valence-corrected chi connectivity index (χ4v) is 7.16. The van der Waals surface area contributed by atoms with Crippen LogP contribution in [0.4, 0.5) is 5.69 Å². The molecule has 4 aromatic rings. The van der Waals surface area contributed by atoms with Gasteiger partial charge in [-0.25, -0.2) is 4.98 Å². The minimum absolute atomic E-state index is 0.00675. The molecule has 0 aliphatic heterocycles. The van der Waals surface area contributed by atoms with Crippen molar-refractivity contribution in [3.8, 4) is 16.9 Å². The molecule has 3 aromatic carbocycles. The average Bonchev–Trinajstić information content (AvgIpc) is 2.93. The Bertz CT molecular complexity index is 1620. The Hall–Kier alpha value is -3.64. The molecule has 5 nitrogen and oxygen atoms in total. The normalized spacial score (nSPS) is 15.4. The molecule has 0 saturated heterocycles. The minimum Gasteiger partial charge on any atom is -0.325 e. The predicted molar refractivity (Wildman–Crippen MR) is 159 cm³/mol. The Balaban J connectivity index is 1.48. The summed E-state index contributed by atoms with van der Waals surface area (Å²) in [6.45, 7) is 4.02. The van der Waals surface area contributed by atoms with Crippen molar-refractivity contribution in [1.29, 1.82) is 0 Å². The van der Waals surface area contributed by atoms with Gasteiger partial charge in [-0.05, 0) is 68.0 Å². The van der Waals surface area contributed by atoms with Crippen LogP contribution in [0.15, 0.2) is 82.7 Å². The van der Waals surface area contributed by atoms with Crippen molar-refractivity contribution in [1.82, 2.24) is 9.55 Å². The van der Waals surface area contributed by atoms with Crippen LogP contribution in [0.5, 0.6) is 0 Å². The van der Waals surface area contributed by atoms with Crippen molar-refractivity contribution in [2.24, 2.45) is 0 Å². The van der Waals surface area contributed by atoms with E-state index in [1.54, 1.807) is 4.57 Å². The van der Waals surface area contributed by atoms with Crippen molar-refractivity contribution < 1.29 is 4.79 Å². The lowest BCUT2D eigenvalue weighted by Gasteiger charge is -2.42. The number of thioether (sulfide) groups is 1. The lowest BCUT2D eigenvalue weighted by Crippen LogP contribution is -2.43. The SMILES string of the molecule is Cc1cccc(NC(=O)CSc2nc3c(c(=O)n2-c2ccccc2C)C2(CCCCC2)Cc2ccccc2-3)c1. The van der Waals surface area contributed by atoms with Crippen molar-refractivity contribution in [3.63, 3.8) is 0 Å². The number of carbonyl (C=O) groups is 1. The maximum absolute atomic E-state index is 14.7. The Kier molecular flexibility index (Phi) is 6.90. The van der Waals surface area contributed by atoms with E-state index in [9.17, 15) is 9.59 Å². The fraction of sp³-hybridized carbons (Fsp3) is 0.303. The molecule has 6 rings (SSSR count). The molecule has 1 fully saturated rings. The number of anilines is 1. The van der Waals surface area contributed by atoms with Crippen LogP contribution >= 0.6 is 11.8 Å². The molecule has 0 atom stereocenters. The van der Waals surface area contributed by atoms with E-state index in [0.717, 1.165) is 71.4 Å². The van der Waals surface area contributed by atoms with E-state index in [2.05, 4.69) is 23.5 Å². The molecule has 0 unspecified atom stereocenters. The summed E-state index contributed by atoms with van der Waals surface area (Å²) in [6, 6.07) is 24.1. The van der Waals surface area contributed by atoms with Gasteiger partial charge in [0.2, 0.25) is 5.91 Å². The first-order valence-electron chi connectivity index (χ1n) is 13.8. The second-order valence-corrected chi connectivity index (χ2v) is 11.9. The number of nitrogens with zero attached hydrogens (tertiary/aromatic N) is 2. The standard InChI is InChI=1S/C33H33N3O2S/c1-22-11-10-14-25(19-22)34-28(37)21-39-32-35-30-26-15-6-5-13-24(26)20-33(17-8-3-9-18-33)29(30)31(38)36(32)27-16-7-4-12-23(27)2/h4-7,10-16,19H,3,8-9,17-18,20-21H2,1-2H3,(H,34,37). The smallest absolute Gasteiger partial charge is 0.263 e. The van der Waals surface area contributed by atoms with Gasteiger partial charge >= 0.3 is 0 Å². The predicted octanol–water partition coefficient (Wildman–Crippen LogP) is 7.01. The molecule has 1 aromatic heterocycles. The summed E-state index contributed by atoms with van der Waals surface area (Å²) >= 11 is 1.32. The van der Waals surface area contributed by atoms with Crippen LogP contribution in [0.25, 0.3) is 16.9 Å². The highest BCUT2D eigenvalue weighted by Gasteiger charge is 2.43. The van der Waals surface area contributed by atoms with Gasteiger partial charge in [0.05, 0.1) is 22.7 Å². The van der Waals surface area contributed by atoms with Crippen molar-refractivity contribution in [3.05, 3.63) is 105 Å². The number of aryl methyl sites for hydroxylation is 2. The number of nitrogens with one attached hydrogen (secondary N) is 1. The highest BCUT2D eigenvalue weighted by molar-refractivity contribution is 7.99. The van der Waals surface area contributed by atoms with Gasteiger partial charge in [0, 0.05) is 16.7 Å². The lowest BCUT2D eigenvalue weighted by molar-refractivity contribution is -0.113. The topological polar surface area (TPSA) is 64.0 Å². The minimum atomic E-state index is -0.192. The number of carbonyl (C=O) groups excluding carboxylic acids is 1. The number of rotatable bonds is 5. The third-order valence-electron chi connectivity index (χ3n) is 8.19. The molecule has 39 heavy (non-hydrogen) atoms. The Morgan fingerprint density at radius 3 is 2.54 bits per heavy atom. The van der Waals surface area contributed by atoms with Gasteiger partial charge in [-0.15, -0.1) is 0 Å². The molecular formula is C33H33N3O2S. The first-order chi connectivity index (χ1) is 18.9. The Morgan fingerprint density at radius 2 is 1.74 bits per heavy atom. The van der Waals surface area contributed by atoms with E-state index in [1.165, 1.54) is 23.7 Å². The van der Waals surface area contributed by atoms with Gasteiger partial charge in [0.15, 0.2) is 5.16 Å². The zero-order valence-corrected chi connectivity index (χ0v) is 23.3. The van der Waals surface area contributed by atoms with E-state index < -0.39 is 0 Å². The van der Waals surface area contributed by atoms with Crippen LogP contribution in [0.3, 0.4) is 0 Å². The molecule has 1 amide bonds. The summed E-state index contributed by atoms with van der Waals surface area (Å²) in [4.78, 5) is 32.9. The maximum atomic E-state index is 14.7. The quantitative estimate of drug-likeness (QED) is 0.221. The second kappa shape index (κ2) is 10.5. The molecule has 2 aliphatic rings. The van der Waals surface area contributed by atoms with Crippen molar-refractivity contribution in [2.45, 2.75) is 62.9 Å². The molecule has 1 heterocycles. The Labute approximate surface area is 233 Å². The van der Waals surface area contributed by atoms with Crippen LogP contribution in [-0.2, 0) is 16.6 Å². The van der Waals surface area contributed by atoms with Gasteiger partial charge in [-0.1, -0.05) is 85.6 Å². The largest absolute Gasteiger partial charge is 0.325 e. The summed E-state index contributed by atoms with van der Waals surface area (Å²) < 4.78 is 1.77. The molecule has 198 valence electrons. The summed E-state index contributed by atoms with van der Waals surface area (Å²) in [5.74, 6) is 0.0238. The van der Waals surface area contributed by atoms with E-state index in [4.69, 9.17) is 4.98 Å². The number of fused-ring (bicyclic) bond motifs is 4. The monoisotopic (exact) mass is 535 g/mol. The van der Waals surface area contributed by atoms with Crippen LogP contribution in [0.1, 0.15) is 54.4 Å². The Morgan fingerprint density at radius 1 is 0.974 bits per heavy atom. The van der Waals surface area contributed by atoms with Crippen molar-refractivity contribution >= 4 is 23.4 Å². The molecule has 6 heteroatoms. The molecule has 2 aliphatic carbocycles. The molecule has 1 spiro atoms. The fourth-order valence-electron chi connectivity index (χ4n) is 6.36. The summed E-state index contributed by atoms with van der Waals surface area (Å²) in [5.41, 5.74) is 7.46. The molecular weight excluding hydrogens is 502 g/mol. The van der Waals surface area contributed by atoms with E-state index in [1.807, 2.05) is 68.4 Å². The lowest BCUT2D eigenvalue weighted by atomic mass is 9.62. The molecule has 1 saturated carbocycles. The number of amides is 1. The van der Waals surface area contributed by atoms with E-state index >= 15 is 0 Å². The number of hydrogen-bond donors (Lipinski definition) is 1. The molecule has 0 radical (unpaired) electrons. The van der Waals surface area contributed by atoms with Crippen LogP contribution in [-0.4, -0.2) is 21.2 Å². The third-order valence-corrected chi connectivity index (χ3v) is 9.12. The van der Waals surface area contributed by atoms with Gasteiger partial charge in [-0.3, -0.25) is 14.2 Å². The number of para-hydroxylation sites is 1. The number of benzene rings is 3. The van der Waals surface area contributed by atoms with Gasteiger partial charge in [0.25, 0.3) is 5.56 Å². The average molecular weight is 536 g/mol. The first-order valence-corrected chi connectivity index (χ1v) is 14.7. The van der Waals surface area contributed by atoms with Gasteiger partial charge in [-0.2, -0.15) is 0 Å². The molecule has 1 N–H and O–H groups in total.